The summed E-state index contributed by atoms with van der Waals surface area (Å²) >= 11 is 0. The molecule has 5 amide bonds. The van der Waals surface area contributed by atoms with Crippen molar-refractivity contribution >= 4 is 41.2 Å². The summed E-state index contributed by atoms with van der Waals surface area (Å²) in [6.45, 7) is 5.97. The van der Waals surface area contributed by atoms with Crippen molar-refractivity contribution in [2.45, 2.75) is 77.6 Å². The quantitative estimate of drug-likeness (QED) is 0.206. The number of benzene rings is 3. The fourth-order valence-electron chi connectivity index (χ4n) is 5.70. The third-order valence-corrected chi connectivity index (χ3v) is 8.28. The molecule has 0 aliphatic carbocycles. The lowest BCUT2D eigenvalue weighted by Crippen LogP contribution is -2.58. The van der Waals surface area contributed by atoms with E-state index in [1.807, 2.05) is 20.8 Å². The van der Waals surface area contributed by atoms with Crippen LogP contribution in [0.3, 0.4) is 0 Å². The number of amides is 5. The molecule has 6 bridgehead atoms. The molecule has 4 aliphatic rings. The zero-order valence-electron chi connectivity index (χ0n) is 30.1. The fraction of sp³-hybridized carbons (Fsp3) is 0.385. The van der Waals surface area contributed by atoms with E-state index in [9.17, 15) is 39.0 Å². The Morgan fingerprint density at radius 1 is 0.830 bits per heavy atom. The predicted octanol–water partition coefficient (Wildman–Crippen LogP) is 3.29. The summed E-state index contributed by atoms with van der Waals surface area (Å²) in [6.07, 6.45) is 0.864. The van der Waals surface area contributed by atoms with Gasteiger partial charge >= 0.3 is 5.97 Å². The zero-order valence-corrected chi connectivity index (χ0v) is 30.1. The lowest BCUT2D eigenvalue weighted by atomic mass is 9.85. The second-order valence-corrected chi connectivity index (χ2v) is 14.2. The molecule has 0 radical (unpaired) electrons. The summed E-state index contributed by atoms with van der Waals surface area (Å²) in [6, 6.07) is 17.9. The van der Waals surface area contributed by atoms with Crippen LogP contribution < -0.4 is 31.3 Å². The third kappa shape index (κ3) is 12.8. The van der Waals surface area contributed by atoms with Crippen molar-refractivity contribution in [2.24, 2.45) is 5.41 Å². The Morgan fingerprint density at radius 3 is 2.17 bits per heavy atom. The van der Waals surface area contributed by atoms with Crippen molar-refractivity contribution < 1.29 is 43.7 Å². The highest BCUT2D eigenvalue weighted by Crippen LogP contribution is 2.28. The molecular weight excluding hydrogens is 682 g/mol. The molecule has 0 aromatic heterocycles. The Kier molecular flexibility index (Phi) is 13.7. The van der Waals surface area contributed by atoms with Crippen LogP contribution in [0.1, 0.15) is 84.7 Å². The molecule has 0 unspecified atom stereocenters. The van der Waals surface area contributed by atoms with Crippen LogP contribution in [0.25, 0.3) is 0 Å². The largest absolute Gasteiger partial charge is 0.492 e. The number of carboxylic acid groups (broad SMARTS) is 1. The van der Waals surface area contributed by atoms with Gasteiger partial charge in [0.1, 0.15) is 18.4 Å². The van der Waals surface area contributed by atoms with E-state index in [-0.39, 0.29) is 68.4 Å². The molecule has 4 heterocycles. The molecular formula is C39H47N5O9. The van der Waals surface area contributed by atoms with E-state index in [0.29, 0.717) is 35.3 Å². The number of hydrogen-bond donors (Lipinski definition) is 7. The summed E-state index contributed by atoms with van der Waals surface area (Å²) in [5, 5.41) is 34.6. The van der Waals surface area contributed by atoms with Gasteiger partial charge in [-0.15, -0.1) is 0 Å². The number of carbonyl (C=O) groups is 6. The van der Waals surface area contributed by atoms with Crippen LogP contribution in [0.15, 0.2) is 72.8 Å². The number of ether oxygens (including phenoxy) is 1. The first-order valence-corrected chi connectivity index (χ1v) is 17.4. The topological polar surface area (TPSA) is 212 Å². The van der Waals surface area contributed by atoms with Crippen LogP contribution in [0.5, 0.6) is 5.75 Å². The minimum atomic E-state index is -2.32. The van der Waals surface area contributed by atoms with E-state index >= 15 is 0 Å². The number of hydrogen-bond acceptors (Lipinski definition) is 8. The van der Waals surface area contributed by atoms with Gasteiger partial charge in [-0.05, 0) is 77.9 Å². The molecule has 0 fully saturated rings. The van der Waals surface area contributed by atoms with Gasteiger partial charge in [0.05, 0.1) is 6.54 Å². The fourth-order valence-corrected chi connectivity index (χ4v) is 5.70. The number of carbonyl (C=O) groups excluding carboxylic acids is 5. The average molecular weight is 730 g/mol. The molecule has 282 valence electrons. The second kappa shape index (κ2) is 18.1. The second-order valence-electron chi connectivity index (χ2n) is 14.2. The molecule has 4 aliphatic heterocycles. The van der Waals surface area contributed by atoms with Gasteiger partial charge in [0, 0.05) is 49.0 Å². The Morgan fingerprint density at radius 2 is 1.51 bits per heavy atom. The van der Waals surface area contributed by atoms with Gasteiger partial charge in [-0.1, -0.05) is 45.0 Å². The maximum atomic E-state index is 13.6. The van der Waals surface area contributed by atoms with Crippen LogP contribution in [0.4, 0.5) is 5.69 Å². The van der Waals surface area contributed by atoms with Crippen molar-refractivity contribution in [1.29, 1.82) is 0 Å². The van der Waals surface area contributed by atoms with Crippen LogP contribution in [-0.2, 0) is 32.1 Å². The summed E-state index contributed by atoms with van der Waals surface area (Å²) in [7, 11) is 0. The highest BCUT2D eigenvalue weighted by Gasteiger charge is 2.41. The van der Waals surface area contributed by atoms with E-state index in [4.69, 9.17) is 4.74 Å². The molecule has 7 N–H and O–H groups in total. The maximum absolute atomic E-state index is 13.6. The molecule has 0 saturated heterocycles. The van der Waals surface area contributed by atoms with E-state index < -0.39 is 40.9 Å². The smallest absolute Gasteiger partial charge is 0.326 e. The minimum absolute atomic E-state index is 0.0311. The number of aliphatic hydroxyl groups is 1. The Labute approximate surface area is 308 Å². The molecule has 0 spiro atoms. The van der Waals surface area contributed by atoms with Crippen molar-refractivity contribution in [2.75, 3.05) is 18.5 Å². The molecule has 7 rings (SSSR count). The number of aliphatic carboxylic acids is 1. The lowest BCUT2D eigenvalue weighted by Gasteiger charge is -2.33. The number of carboxylic acids is 1. The summed E-state index contributed by atoms with van der Waals surface area (Å²) in [4.78, 5) is 76.6. The summed E-state index contributed by atoms with van der Waals surface area (Å²) in [5.41, 5.74) is -0.933. The van der Waals surface area contributed by atoms with Crippen molar-refractivity contribution in [3.05, 3.63) is 95.1 Å². The Balaban J connectivity index is 1.54. The van der Waals surface area contributed by atoms with Crippen molar-refractivity contribution in [3.63, 3.8) is 0 Å². The molecule has 14 heteroatoms. The van der Waals surface area contributed by atoms with Crippen LogP contribution in [0, 0.1) is 5.41 Å². The van der Waals surface area contributed by atoms with Gasteiger partial charge < -0.3 is 41.5 Å². The molecule has 53 heavy (non-hydrogen) atoms. The number of nitrogens with one attached hydrogen (secondary N) is 5. The van der Waals surface area contributed by atoms with Crippen molar-refractivity contribution in [1.82, 2.24) is 21.3 Å². The van der Waals surface area contributed by atoms with E-state index in [0.717, 1.165) is 0 Å². The molecule has 2 atom stereocenters. The van der Waals surface area contributed by atoms with Gasteiger partial charge in [-0.25, -0.2) is 4.79 Å². The number of anilines is 1. The van der Waals surface area contributed by atoms with Crippen LogP contribution in [0.2, 0.25) is 0 Å². The first-order chi connectivity index (χ1) is 25.1. The van der Waals surface area contributed by atoms with Gasteiger partial charge in [0.2, 0.25) is 17.5 Å². The van der Waals surface area contributed by atoms with Gasteiger partial charge in [-0.2, -0.15) is 0 Å². The standard InChI is InChI=1S/C39H47N5O9/c1-38(2,3)24-39(52)37(51)42-29-15-11-25(12-16-29)22-31(36(49)50)43-33(46)10-5-4-9-32(45)40-19-20-53-30-17-13-27(14-18-30)34(47)41-23-26-7-6-8-28(21-26)35(48)44-39/h6-8,11-18,21,31,52H,4-5,9-10,19-20,22-24H2,1-3H3,(H,40,45)(H,41,47)(H,42,51)(H,43,46)(H,44,48)(H,49,50)/t31-,39-/m0/s1. The first-order valence-electron chi connectivity index (χ1n) is 17.4. The van der Waals surface area contributed by atoms with Gasteiger partial charge in [0.15, 0.2) is 0 Å². The monoisotopic (exact) mass is 729 g/mol. The lowest BCUT2D eigenvalue weighted by molar-refractivity contribution is -0.141. The molecule has 0 saturated carbocycles. The number of rotatable bonds is 2. The maximum Gasteiger partial charge on any atom is 0.326 e. The molecule has 3 aromatic rings. The molecule has 14 nitrogen and oxygen atoms in total. The normalized spacial score (nSPS) is 20.3. The highest BCUT2D eigenvalue weighted by atomic mass is 16.5. The first kappa shape index (κ1) is 40.0. The Bertz CT molecular complexity index is 1790. The zero-order chi connectivity index (χ0) is 38.6. The van der Waals surface area contributed by atoms with Crippen LogP contribution in [-0.4, -0.2) is 70.6 Å². The van der Waals surface area contributed by atoms with Gasteiger partial charge in [0.25, 0.3) is 17.7 Å². The van der Waals surface area contributed by atoms with Crippen LogP contribution >= 0.6 is 0 Å². The Hall–Kier alpha value is -5.76. The predicted molar refractivity (Wildman–Crippen MR) is 196 cm³/mol. The third-order valence-electron chi connectivity index (χ3n) is 8.28. The van der Waals surface area contributed by atoms with Crippen molar-refractivity contribution in [3.8, 4) is 5.75 Å². The summed E-state index contributed by atoms with van der Waals surface area (Å²) in [5.74, 6) is -3.33. The highest BCUT2D eigenvalue weighted by molar-refractivity contribution is 6.03. The minimum Gasteiger partial charge on any atom is -0.492 e. The van der Waals surface area contributed by atoms with Gasteiger partial charge in [-0.3, -0.25) is 24.0 Å². The SMILES string of the molecule is CC(C)(C)C[C@@]1(O)NC(=O)c2cccc(c2)CNC(=O)c2ccc(cc2)OCCNC(=O)CCCCC(=O)N[C@H](C(=O)O)Cc2ccc(cc2)NC1=O. The average Bonchev–Trinajstić information content (AvgIpc) is 3.10. The summed E-state index contributed by atoms with van der Waals surface area (Å²) < 4.78 is 5.66. The van der Waals surface area contributed by atoms with E-state index in [1.54, 1.807) is 54.6 Å². The molecule has 3 aromatic carbocycles. The van der Waals surface area contributed by atoms with E-state index in [1.165, 1.54) is 18.2 Å². The van der Waals surface area contributed by atoms with E-state index in [2.05, 4.69) is 26.6 Å².